The Morgan fingerprint density at radius 2 is 1.61 bits per heavy atom. The number of benzene rings is 2. The third kappa shape index (κ3) is 6.28. The van der Waals surface area contributed by atoms with Crippen LogP contribution >= 0.6 is 0 Å². The SMILES string of the molecule is CCN(CC)CCCS(=O)(=O)N(C)C1(C(=O)N2CCC3(CC2)CN(S(C)(=O)=O)c2ccccc23)CC1OCc1ccccc1. The molecule has 3 aliphatic rings. The Bertz CT molecular complexity index is 1540. The van der Waals surface area contributed by atoms with Crippen LogP contribution in [0.4, 0.5) is 5.69 Å². The number of hydrogen-bond acceptors (Lipinski definition) is 7. The molecular formula is C32H46N4O6S2. The van der Waals surface area contributed by atoms with Crippen molar-refractivity contribution < 1.29 is 26.4 Å². The number of nitrogens with zero attached hydrogens (tertiary/aromatic N) is 4. The van der Waals surface area contributed by atoms with E-state index in [0.717, 1.165) is 24.2 Å². The fourth-order valence-electron chi connectivity index (χ4n) is 7.00. The minimum Gasteiger partial charge on any atom is -0.371 e. The molecule has 2 unspecified atom stereocenters. The van der Waals surface area contributed by atoms with Gasteiger partial charge in [-0.1, -0.05) is 62.4 Å². The number of carbonyl (C=O) groups is 1. The Kier molecular flexibility index (Phi) is 9.49. The summed E-state index contributed by atoms with van der Waals surface area (Å²) < 4.78 is 61.6. The molecule has 0 radical (unpaired) electrons. The number of carbonyl (C=O) groups excluding carboxylic acids is 1. The molecule has 2 aromatic carbocycles. The largest absolute Gasteiger partial charge is 0.371 e. The lowest BCUT2D eigenvalue weighted by atomic mass is 9.74. The van der Waals surface area contributed by atoms with Gasteiger partial charge in [0.1, 0.15) is 5.54 Å². The van der Waals surface area contributed by atoms with Crippen molar-refractivity contribution in [2.24, 2.45) is 0 Å². The van der Waals surface area contributed by atoms with E-state index in [0.29, 0.717) is 57.5 Å². The lowest BCUT2D eigenvalue weighted by molar-refractivity contribution is -0.140. The first-order valence-electron chi connectivity index (χ1n) is 15.6. The molecule has 2 heterocycles. The van der Waals surface area contributed by atoms with Crippen LogP contribution in [0.5, 0.6) is 0 Å². The van der Waals surface area contributed by atoms with Crippen LogP contribution in [0.2, 0.25) is 0 Å². The molecule has 2 aliphatic heterocycles. The molecular weight excluding hydrogens is 601 g/mol. The summed E-state index contributed by atoms with van der Waals surface area (Å²) in [6.45, 7) is 7.96. The summed E-state index contributed by atoms with van der Waals surface area (Å²) in [6, 6.07) is 17.3. The molecule has 2 atom stereocenters. The Balaban J connectivity index is 1.34. The second kappa shape index (κ2) is 12.7. The van der Waals surface area contributed by atoms with Crippen molar-refractivity contribution in [2.75, 3.05) is 62.6 Å². The maximum Gasteiger partial charge on any atom is 0.246 e. The van der Waals surface area contributed by atoms with Gasteiger partial charge >= 0.3 is 0 Å². The molecule has 0 bridgehead atoms. The van der Waals surface area contributed by atoms with Crippen LogP contribution in [0.3, 0.4) is 0 Å². The number of amides is 1. The van der Waals surface area contributed by atoms with Gasteiger partial charge in [-0.25, -0.2) is 16.8 Å². The second-order valence-electron chi connectivity index (χ2n) is 12.4. The monoisotopic (exact) mass is 646 g/mol. The first kappa shape index (κ1) is 32.9. The summed E-state index contributed by atoms with van der Waals surface area (Å²) in [7, 11) is -5.68. The zero-order valence-electron chi connectivity index (χ0n) is 26.3. The zero-order valence-corrected chi connectivity index (χ0v) is 27.9. The summed E-state index contributed by atoms with van der Waals surface area (Å²) in [5.74, 6) is -0.270. The van der Waals surface area contributed by atoms with Gasteiger partial charge in [0.15, 0.2) is 0 Å². The van der Waals surface area contributed by atoms with E-state index < -0.39 is 37.1 Å². The average molecular weight is 647 g/mol. The van der Waals surface area contributed by atoms with E-state index in [1.54, 1.807) is 4.90 Å². The topological polar surface area (TPSA) is 108 Å². The molecule has 242 valence electrons. The molecule has 0 aromatic heterocycles. The number of hydrogen-bond donors (Lipinski definition) is 0. The van der Waals surface area contributed by atoms with Crippen molar-refractivity contribution >= 4 is 31.6 Å². The first-order chi connectivity index (χ1) is 20.9. The van der Waals surface area contributed by atoms with Crippen molar-refractivity contribution in [3.8, 4) is 0 Å². The maximum atomic E-state index is 14.4. The molecule has 1 saturated heterocycles. The third-order valence-electron chi connectivity index (χ3n) is 9.88. The maximum absolute atomic E-state index is 14.4. The number of rotatable bonds is 13. The molecule has 12 heteroatoms. The number of anilines is 1. The van der Waals surface area contributed by atoms with Crippen LogP contribution in [0.1, 0.15) is 50.7 Å². The van der Waals surface area contributed by atoms with E-state index >= 15 is 0 Å². The van der Waals surface area contributed by atoms with E-state index in [-0.39, 0.29) is 18.3 Å². The Labute approximate surface area is 263 Å². The molecule has 44 heavy (non-hydrogen) atoms. The number of likely N-dealkylation sites (N-methyl/N-ethyl adjacent to an activating group) is 1. The number of ether oxygens (including phenoxy) is 1. The highest BCUT2D eigenvalue weighted by Gasteiger charge is 2.68. The molecule has 5 rings (SSSR count). The van der Waals surface area contributed by atoms with Crippen molar-refractivity contribution in [2.45, 2.75) is 63.2 Å². The zero-order chi connectivity index (χ0) is 31.8. The van der Waals surface area contributed by atoms with E-state index in [1.807, 2.05) is 54.6 Å². The van der Waals surface area contributed by atoms with Gasteiger partial charge in [0.05, 0.1) is 30.4 Å². The predicted molar refractivity (Wildman–Crippen MR) is 172 cm³/mol. The Morgan fingerprint density at radius 3 is 2.25 bits per heavy atom. The van der Waals surface area contributed by atoms with E-state index in [4.69, 9.17) is 4.74 Å². The van der Waals surface area contributed by atoms with Gasteiger partial charge in [-0.2, -0.15) is 4.31 Å². The third-order valence-corrected chi connectivity index (χ3v) is 13.0. The molecule has 1 saturated carbocycles. The number of likely N-dealkylation sites (tertiary alicyclic amines) is 1. The van der Waals surface area contributed by atoms with Crippen LogP contribution in [0.15, 0.2) is 54.6 Å². The normalized spacial score (nSPS) is 23.0. The van der Waals surface area contributed by atoms with Crippen LogP contribution in [-0.2, 0) is 41.6 Å². The van der Waals surface area contributed by atoms with Gasteiger partial charge in [-0.3, -0.25) is 9.10 Å². The standard InChI is InChI=1S/C32H46N4O6S2/c1-5-34(6-2)19-12-22-44(40,41)33(3)32(23-29(32)42-24-26-13-8-7-9-14-26)30(37)35-20-17-31(18-21-35)25-36(43(4,38)39)28-16-11-10-15-27(28)31/h7-11,13-16,29H,5-6,12,17-25H2,1-4H3. The average Bonchev–Trinajstić information content (AvgIpc) is 3.66. The quantitative estimate of drug-likeness (QED) is 0.329. The Morgan fingerprint density at radius 1 is 0.977 bits per heavy atom. The Hall–Kier alpha value is -2.51. The predicted octanol–water partition coefficient (Wildman–Crippen LogP) is 3.05. The fourth-order valence-corrected chi connectivity index (χ4v) is 9.53. The minimum atomic E-state index is -3.75. The molecule has 1 spiro atoms. The van der Waals surface area contributed by atoms with E-state index in [2.05, 4.69) is 18.7 Å². The van der Waals surface area contributed by atoms with E-state index in [9.17, 15) is 21.6 Å². The molecule has 2 fully saturated rings. The lowest BCUT2D eigenvalue weighted by Gasteiger charge is -2.42. The van der Waals surface area contributed by atoms with Crippen molar-refractivity contribution in [3.05, 3.63) is 65.7 Å². The van der Waals surface area contributed by atoms with Crippen molar-refractivity contribution in [1.29, 1.82) is 0 Å². The number of fused-ring (bicyclic) bond motifs is 2. The van der Waals surface area contributed by atoms with Crippen LogP contribution in [-0.4, -0.2) is 107 Å². The van der Waals surface area contributed by atoms with Gasteiger partial charge in [-0.15, -0.1) is 0 Å². The fraction of sp³-hybridized carbons (Fsp3) is 0.594. The summed E-state index contributed by atoms with van der Waals surface area (Å²) in [6.07, 6.45) is 2.64. The van der Waals surface area contributed by atoms with E-state index in [1.165, 1.54) is 21.9 Å². The highest BCUT2D eigenvalue weighted by atomic mass is 32.2. The molecule has 1 aliphatic carbocycles. The lowest BCUT2D eigenvalue weighted by Crippen LogP contribution is -2.57. The molecule has 1 amide bonds. The molecule has 0 N–H and O–H groups in total. The number of piperidine rings is 1. The van der Waals surface area contributed by atoms with Crippen LogP contribution in [0.25, 0.3) is 0 Å². The summed E-state index contributed by atoms with van der Waals surface area (Å²) in [5, 5.41) is 0. The number of para-hydroxylation sites is 1. The summed E-state index contributed by atoms with van der Waals surface area (Å²) in [4.78, 5) is 18.3. The smallest absolute Gasteiger partial charge is 0.246 e. The second-order valence-corrected chi connectivity index (χ2v) is 16.5. The van der Waals surface area contributed by atoms with Crippen LogP contribution in [0, 0.1) is 0 Å². The highest BCUT2D eigenvalue weighted by molar-refractivity contribution is 7.92. The highest BCUT2D eigenvalue weighted by Crippen LogP contribution is 2.51. The first-order valence-corrected chi connectivity index (χ1v) is 19.0. The van der Waals surface area contributed by atoms with Crippen LogP contribution < -0.4 is 4.31 Å². The molecule has 10 nitrogen and oxygen atoms in total. The van der Waals surface area contributed by atoms with Gasteiger partial charge in [0, 0.05) is 38.5 Å². The van der Waals surface area contributed by atoms with Crippen molar-refractivity contribution in [3.63, 3.8) is 0 Å². The van der Waals surface area contributed by atoms with Gasteiger partial charge in [0.25, 0.3) is 0 Å². The number of sulfonamides is 2. The van der Waals surface area contributed by atoms with Crippen molar-refractivity contribution in [1.82, 2.24) is 14.1 Å². The van der Waals surface area contributed by atoms with Gasteiger partial charge < -0.3 is 14.5 Å². The van der Waals surface area contributed by atoms with Gasteiger partial charge in [0.2, 0.25) is 26.0 Å². The minimum absolute atomic E-state index is 0.0400. The van der Waals surface area contributed by atoms with Gasteiger partial charge in [-0.05, 0) is 56.1 Å². The molecule has 2 aromatic rings. The summed E-state index contributed by atoms with van der Waals surface area (Å²) >= 11 is 0. The summed E-state index contributed by atoms with van der Waals surface area (Å²) in [5.41, 5.74) is 0.980.